The molecule has 1 amide bonds. The van der Waals surface area contributed by atoms with E-state index in [0.717, 1.165) is 22.4 Å². The molecule has 3 aromatic carbocycles. The first-order valence-electron chi connectivity index (χ1n) is 9.71. The predicted molar refractivity (Wildman–Crippen MR) is 127 cm³/mol. The van der Waals surface area contributed by atoms with Crippen LogP contribution in [0.5, 0.6) is 5.75 Å². The van der Waals surface area contributed by atoms with Gasteiger partial charge in [0.25, 0.3) is 5.91 Å². The molecule has 3 aromatic rings. The zero-order valence-corrected chi connectivity index (χ0v) is 18.2. The Morgan fingerprint density at radius 3 is 2.27 bits per heavy atom. The van der Waals surface area contributed by atoms with Crippen molar-refractivity contribution in [2.45, 2.75) is 19.6 Å². The third-order valence-electron chi connectivity index (χ3n) is 4.82. The smallest absolute Gasteiger partial charge is 0.266 e. The van der Waals surface area contributed by atoms with Crippen LogP contribution >= 0.6 is 24.0 Å². The van der Waals surface area contributed by atoms with Gasteiger partial charge in [-0.25, -0.2) is 0 Å². The van der Waals surface area contributed by atoms with Gasteiger partial charge in [-0.3, -0.25) is 9.69 Å². The molecule has 0 saturated carbocycles. The van der Waals surface area contributed by atoms with E-state index < -0.39 is 0 Å². The normalized spacial score (nSPS) is 16.2. The maximum Gasteiger partial charge on any atom is 0.266 e. The van der Waals surface area contributed by atoms with E-state index >= 15 is 0 Å². The lowest BCUT2D eigenvalue weighted by Crippen LogP contribution is -2.27. The minimum atomic E-state index is -0.0492. The lowest BCUT2D eigenvalue weighted by Gasteiger charge is -2.15. The van der Waals surface area contributed by atoms with Crippen LogP contribution < -0.4 is 4.74 Å². The molecule has 0 bridgehead atoms. The summed E-state index contributed by atoms with van der Waals surface area (Å²) in [7, 11) is 0. The molecular weight excluding hydrogens is 410 g/mol. The average Bonchev–Trinajstić information content (AvgIpc) is 3.04. The average molecular weight is 432 g/mol. The molecule has 0 aliphatic carbocycles. The summed E-state index contributed by atoms with van der Waals surface area (Å²) < 4.78 is 6.61. The lowest BCUT2D eigenvalue weighted by molar-refractivity contribution is -0.122. The molecule has 150 valence electrons. The van der Waals surface area contributed by atoms with Gasteiger partial charge in [0.15, 0.2) is 0 Å². The maximum absolute atomic E-state index is 12.8. The number of rotatable bonds is 6. The van der Waals surface area contributed by atoms with E-state index in [2.05, 4.69) is 12.1 Å². The van der Waals surface area contributed by atoms with Crippen LogP contribution in [0, 0.1) is 0 Å². The van der Waals surface area contributed by atoms with Crippen molar-refractivity contribution in [1.29, 1.82) is 0 Å². The van der Waals surface area contributed by atoms with Crippen LogP contribution in [0.15, 0.2) is 89.8 Å². The van der Waals surface area contributed by atoms with Crippen LogP contribution in [0.2, 0.25) is 0 Å². The number of hydrogen-bond acceptors (Lipinski definition) is 4. The highest BCUT2D eigenvalue weighted by molar-refractivity contribution is 8.26. The molecule has 5 heteroatoms. The van der Waals surface area contributed by atoms with Gasteiger partial charge in [0.05, 0.1) is 11.4 Å². The first-order valence-corrected chi connectivity index (χ1v) is 10.9. The second-order valence-electron chi connectivity index (χ2n) is 6.99. The van der Waals surface area contributed by atoms with Gasteiger partial charge in [0, 0.05) is 0 Å². The van der Waals surface area contributed by atoms with Crippen molar-refractivity contribution in [2.24, 2.45) is 0 Å². The molecule has 0 N–H and O–H groups in total. The number of hydrogen-bond donors (Lipinski definition) is 0. The number of amides is 1. The molecule has 0 spiro atoms. The molecule has 0 aromatic heterocycles. The summed E-state index contributed by atoms with van der Waals surface area (Å²) in [5.74, 6) is 0.743. The third-order valence-corrected chi connectivity index (χ3v) is 6.19. The van der Waals surface area contributed by atoms with Crippen molar-refractivity contribution in [2.75, 3.05) is 0 Å². The van der Waals surface area contributed by atoms with Gasteiger partial charge in [0.1, 0.15) is 16.2 Å². The summed E-state index contributed by atoms with van der Waals surface area (Å²) in [4.78, 5) is 15.1. The number of benzene rings is 3. The molecule has 1 aliphatic heterocycles. The summed E-state index contributed by atoms with van der Waals surface area (Å²) in [5.41, 5.74) is 3.13. The molecule has 1 fully saturated rings. The van der Waals surface area contributed by atoms with Crippen molar-refractivity contribution in [1.82, 2.24) is 4.90 Å². The third kappa shape index (κ3) is 4.81. The standard InChI is InChI=1S/C25H21NO2S2/c1-18(21-10-6-3-7-11-21)28-22-14-12-19(13-15-22)16-23-24(27)26(25(29)30-23)17-20-8-4-2-5-9-20/h2-16,18H,17H2,1H3/b23-16-/t18-/m0/s1. The largest absolute Gasteiger partial charge is 0.486 e. The van der Waals surface area contributed by atoms with E-state index in [9.17, 15) is 4.79 Å². The fraction of sp³-hybridized carbons (Fsp3) is 0.120. The Bertz CT molecular complexity index is 1060. The summed E-state index contributed by atoms with van der Waals surface area (Å²) in [5, 5.41) is 0. The first-order chi connectivity index (χ1) is 14.6. The topological polar surface area (TPSA) is 29.5 Å². The number of nitrogens with zero attached hydrogens (tertiary/aromatic N) is 1. The van der Waals surface area contributed by atoms with Crippen molar-refractivity contribution in [3.8, 4) is 5.75 Å². The number of carbonyl (C=O) groups is 1. The molecule has 4 rings (SSSR count). The van der Waals surface area contributed by atoms with Crippen LogP contribution in [-0.4, -0.2) is 15.1 Å². The molecule has 30 heavy (non-hydrogen) atoms. The van der Waals surface area contributed by atoms with E-state index in [1.165, 1.54) is 11.8 Å². The second-order valence-corrected chi connectivity index (χ2v) is 8.67. The van der Waals surface area contributed by atoms with E-state index in [4.69, 9.17) is 17.0 Å². The van der Waals surface area contributed by atoms with Gasteiger partial charge in [-0.05, 0) is 41.8 Å². The van der Waals surface area contributed by atoms with Crippen LogP contribution in [0.3, 0.4) is 0 Å². The number of carbonyl (C=O) groups excluding carboxylic acids is 1. The number of thioether (sulfide) groups is 1. The van der Waals surface area contributed by atoms with E-state index in [0.29, 0.717) is 15.8 Å². The zero-order valence-electron chi connectivity index (χ0n) is 16.5. The number of ether oxygens (including phenoxy) is 1. The molecule has 1 saturated heterocycles. The number of thiocarbonyl (C=S) groups is 1. The van der Waals surface area contributed by atoms with Crippen LogP contribution in [0.4, 0.5) is 0 Å². The Kier molecular flexibility index (Phi) is 6.31. The second kappa shape index (κ2) is 9.28. The molecule has 3 nitrogen and oxygen atoms in total. The van der Waals surface area contributed by atoms with Crippen LogP contribution in [-0.2, 0) is 11.3 Å². The molecule has 1 aliphatic rings. The van der Waals surface area contributed by atoms with E-state index in [-0.39, 0.29) is 12.0 Å². The molecule has 1 atom stereocenters. The Hall–Kier alpha value is -2.89. The van der Waals surface area contributed by atoms with Crippen LogP contribution in [0.25, 0.3) is 6.08 Å². The fourth-order valence-electron chi connectivity index (χ4n) is 3.19. The van der Waals surface area contributed by atoms with Crippen molar-refractivity contribution >= 4 is 40.3 Å². The Morgan fingerprint density at radius 1 is 0.967 bits per heavy atom. The monoisotopic (exact) mass is 431 g/mol. The first kappa shape index (κ1) is 20.4. The molecule has 0 radical (unpaired) electrons. The minimum absolute atomic E-state index is 0.0358. The summed E-state index contributed by atoms with van der Waals surface area (Å²) >= 11 is 6.78. The van der Waals surface area contributed by atoms with Gasteiger partial charge in [-0.1, -0.05) is 96.8 Å². The Balaban J connectivity index is 1.43. The van der Waals surface area contributed by atoms with Gasteiger partial charge in [-0.2, -0.15) is 0 Å². The lowest BCUT2D eigenvalue weighted by atomic mass is 10.1. The fourth-order valence-corrected chi connectivity index (χ4v) is 4.45. The Labute approximate surface area is 186 Å². The van der Waals surface area contributed by atoms with E-state index in [1.54, 1.807) is 4.90 Å². The highest BCUT2D eigenvalue weighted by Gasteiger charge is 2.31. The zero-order chi connectivity index (χ0) is 20.9. The van der Waals surface area contributed by atoms with Crippen molar-refractivity contribution in [3.05, 3.63) is 107 Å². The SMILES string of the molecule is C[C@H](Oc1ccc(/C=C2\SC(=S)N(Cc3ccccc3)C2=O)cc1)c1ccccc1. The van der Waals surface area contributed by atoms with Crippen molar-refractivity contribution in [3.63, 3.8) is 0 Å². The molecule has 1 heterocycles. The predicted octanol–water partition coefficient (Wildman–Crippen LogP) is 6.23. The highest BCUT2D eigenvalue weighted by Crippen LogP contribution is 2.34. The summed E-state index contributed by atoms with van der Waals surface area (Å²) in [6.45, 7) is 2.52. The van der Waals surface area contributed by atoms with E-state index in [1.807, 2.05) is 85.8 Å². The van der Waals surface area contributed by atoms with Gasteiger partial charge in [-0.15, -0.1) is 0 Å². The summed E-state index contributed by atoms with van der Waals surface area (Å²) in [6, 6.07) is 27.8. The van der Waals surface area contributed by atoms with Crippen LogP contribution in [0.1, 0.15) is 29.7 Å². The van der Waals surface area contributed by atoms with Crippen molar-refractivity contribution < 1.29 is 9.53 Å². The van der Waals surface area contributed by atoms with Gasteiger partial charge < -0.3 is 4.74 Å². The van der Waals surface area contributed by atoms with Gasteiger partial charge in [0.2, 0.25) is 0 Å². The summed E-state index contributed by atoms with van der Waals surface area (Å²) in [6.07, 6.45) is 1.85. The highest BCUT2D eigenvalue weighted by atomic mass is 32.2. The maximum atomic E-state index is 12.8. The molecule has 0 unspecified atom stereocenters. The molecular formula is C25H21NO2S2. The van der Waals surface area contributed by atoms with Gasteiger partial charge >= 0.3 is 0 Å². The quantitative estimate of drug-likeness (QED) is 0.342. The Morgan fingerprint density at radius 2 is 1.60 bits per heavy atom. The minimum Gasteiger partial charge on any atom is -0.486 e.